The summed E-state index contributed by atoms with van der Waals surface area (Å²) >= 11 is 12.4. The standard InChI is InChI=1S/C21H18Cl2FN3O2/c1-12-9-14(24)6-7-15(12)20-13(11-28)5-8-19(26-20)27(21(25)29)10-16-17(22)3-2-4-18(16)23/h2-9,28H,10-11H2,1H3,(H2,25,29). The number of rotatable bonds is 5. The van der Waals surface area contributed by atoms with Crippen LogP contribution >= 0.6 is 23.2 Å². The molecule has 3 aromatic rings. The van der Waals surface area contributed by atoms with Crippen molar-refractivity contribution in [3.8, 4) is 11.3 Å². The highest BCUT2D eigenvalue weighted by atomic mass is 35.5. The van der Waals surface area contributed by atoms with Gasteiger partial charge in [0.05, 0.1) is 18.8 Å². The van der Waals surface area contributed by atoms with Gasteiger partial charge < -0.3 is 10.8 Å². The van der Waals surface area contributed by atoms with Crippen LogP contribution in [0.15, 0.2) is 48.5 Å². The molecule has 0 bridgehead atoms. The van der Waals surface area contributed by atoms with Gasteiger partial charge in [-0.05, 0) is 48.9 Å². The molecule has 0 aliphatic rings. The summed E-state index contributed by atoms with van der Waals surface area (Å²) in [6, 6.07) is 11.8. The number of hydrogen-bond donors (Lipinski definition) is 2. The highest BCUT2D eigenvalue weighted by Gasteiger charge is 2.20. The highest BCUT2D eigenvalue weighted by molar-refractivity contribution is 6.36. The second-order valence-corrected chi connectivity index (χ2v) is 7.23. The fourth-order valence-corrected chi connectivity index (χ4v) is 3.51. The van der Waals surface area contributed by atoms with Gasteiger partial charge in [0.1, 0.15) is 11.6 Å². The van der Waals surface area contributed by atoms with Crippen molar-refractivity contribution in [2.45, 2.75) is 20.1 Å². The molecule has 2 aromatic carbocycles. The Labute approximate surface area is 177 Å². The Balaban J connectivity index is 2.09. The van der Waals surface area contributed by atoms with Crippen molar-refractivity contribution in [1.29, 1.82) is 0 Å². The summed E-state index contributed by atoms with van der Waals surface area (Å²) in [4.78, 5) is 17.9. The van der Waals surface area contributed by atoms with Crippen LogP contribution in [-0.4, -0.2) is 16.1 Å². The van der Waals surface area contributed by atoms with Crippen LogP contribution in [0.1, 0.15) is 16.7 Å². The Morgan fingerprint density at radius 1 is 1.17 bits per heavy atom. The van der Waals surface area contributed by atoms with Crippen LogP contribution in [0.4, 0.5) is 15.0 Å². The van der Waals surface area contributed by atoms with Gasteiger partial charge in [-0.3, -0.25) is 4.90 Å². The lowest BCUT2D eigenvalue weighted by molar-refractivity contribution is 0.253. The molecule has 3 N–H and O–H groups in total. The minimum atomic E-state index is -0.744. The first-order valence-corrected chi connectivity index (χ1v) is 9.44. The van der Waals surface area contributed by atoms with E-state index in [4.69, 9.17) is 28.9 Å². The van der Waals surface area contributed by atoms with Crippen molar-refractivity contribution in [2.24, 2.45) is 5.73 Å². The largest absolute Gasteiger partial charge is 0.392 e. The average Bonchev–Trinajstić information content (AvgIpc) is 2.67. The topological polar surface area (TPSA) is 79.5 Å². The van der Waals surface area contributed by atoms with Crippen molar-refractivity contribution in [1.82, 2.24) is 4.98 Å². The van der Waals surface area contributed by atoms with Crippen LogP contribution < -0.4 is 10.6 Å². The van der Waals surface area contributed by atoms with E-state index in [0.29, 0.717) is 38.0 Å². The molecular formula is C21H18Cl2FN3O2. The van der Waals surface area contributed by atoms with Crippen molar-refractivity contribution < 1.29 is 14.3 Å². The van der Waals surface area contributed by atoms with Gasteiger partial charge in [0.2, 0.25) is 0 Å². The minimum Gasteiger partial charge on any atom is -0.392 e. The van der Waals surface area contributed by atoms with Gasteiger partial charge in [-0.25, -0.2) is 14.2 Å². The molecule has 150 valence electrons. The predicted molar refractivity (Wildman–Crippen MR) is 113 cm³/mol. The van der Waals surface area contributed by atoms with Gasteiger partial charge in [0.15, 0.2) is 0 Å². The quantitative estimate of drug-likeness (QED) is 0.588. The summed E-state index contributed by atoms with van der Waals surface area (Å²) in [7, 11) is 0. The maximum Gasteiger partial charge on any atom is 0.320 e. The molecule has 0 fully saturated rings. The van der Waals surface area contributed by atoms with Gasteiger partial charge in [-0.15, -0.1) is 0 Å². The van der Waals surface area contributed by atoms with E-state index >= 15 is 0 Å². The van der Waals surface area contributed by atoms with Crippen LogP contribution in [0, 0.1) is 12.7 Å². The normalized spacial score (nSPS) is 10.8. The van der Waals surface area contributed by atoms with E-state index in [2.05, 4.69) is 4.98 Å². The molecule has 0 spiro atoms. The fourth-order valence-electron chi connectivity index (χ4n) is 2.99. The number of nitrogens with two attached hydrogens (primary N) is 1. The molecular weight excluding hydrogens is 416 g/mol. The molecule has 0 radical (unpaired) electrons. The van der Waals surface area contributed by atoms with E-state index in [9.17, 15) is 14.3 Å². The molecule has 8 heteroatoms. The van der Waals surface area contributed by atoms with Crippen LogP contribution in [0.2, 0.25) is 10.0 Å². The number of carbonyl (C=O) groups excluding carboxylic acids is 1. The number of halogens is 3. The zero-order valence-electron chi connectivity index (χ0n) is 15.5. The molecule has 0 unspecified atom stereocenters. The molecule has 0 atom stereocenters. The summed E-state index contributed by atoms with van der Waals surface area (Å²) in [6.45, 7) is 1.48. The number of aliphatic hydroxyl groups is 1. The molecule has 0 aliphatic carbocycles. The van der Waals surface area contributed by atoms with E-state index < -0.39 is 6.03 Å². The number of aryl methyl sites for hydroxylation is 1. The van der Waals surface area contributed by atoms with Crippen LogP contribution in [-0.2, 0) is 13.2 Å². The Kier molecular flexibility index (Phi) is 6.37. The van der Waals surface area contributed by atoms with Gasteiger partial charge in [-0.1, -0.05) is 35.3 Å². The third-order valence-electron chi connectivity index (χ3n) is 4.50. The Hall–Kier alpha value is -2.67. The number of benzene rings is 2. The number of anilines is 1. The first-order valence-electron chi connectivity index (χ1n) is 8.69. The maximum atomic E-state index is 13.5. The van der Waals surface area contributed by atoms with Crippen LogP contribution in [0.3, 0.4) is 0 Å². The molecule has 1 aromatic heterocycles. The first kappa shape index (κ1) is 21.0. The second-order valence-electron chi connectivity index (χ2n) is 6.42. The van der Waals surface area contributed by atoms with E-state index in [1.807, 2.05) is 0 Å². The number of aromatic nitrogens is 1. The first-order chi connectivity index (χ1) is 13.8. The average molecular weight is 434 g/mol. The lowest BCUT2D eigenvalue weighted by Gasteiger charge is -2.22. The zero-order chi connectivity index (χ0) is 21.1. The number of carbonyl (C=O) groups is 1. The molecule has 0 saturated carbocycles. The van der Waals surface area contributed by atoms with Crippen LogP contribution in [0.25, 0.3) is 11.3 Å². The molecule has 29 heavy (non-hydrogen) atoms. The molecule has 5 nitrogen and oxygen atoms in total. The number of aliphatic hydroxyl groups excluding tert-OH is 1. The molecule has 0 saturated heterocycles. The summed E-state index contributed by atoms with van der Waals surface area (Å²) in [5, 5.41) is 10.5. The van der Waals surface area contributed by atoms with E-state index in [-0.39, 0.29) is 24.8 Å². The van der Waals surface area contributed by atoms with Gasteiger partial charge >= 0.3 is 6.03 Å². The number of pyridine rings is 1. The second kappa shape index (κ2) is 8.78. The molecule has 2 amide bonds. The lowest BCUT2D eigenvalue weighted by Crippen LogP contribution is -2.36. The summed E-state index contributed by atoms with van der Waals surface area (Å²) in [5.74, 6) is -0.121. The SMILES string of the molecule is Cc1cc(F)ccc1-c1nc(N(Cc2c(Cl)cccc2Cl)C(N)=O)ccc1CO. The zero-order valence-corrected chi connectivity index (χ0v) is 17.0. The van der Waals surface area contributed by atoms with Crippen molar-refractivity contribution in [2.75, 3.05) is 4.90 Å². The highest BCUT2D eigenvalue weighted by Crippen LogP contribution is 2.31. The smallest absolute Gasteiger partial charge is 0.320 e. The van der Waals surface area contributed by atoms with E-state index in [1.54, 1.807) is 43.3 Å². The Bertz CT molecular complexity index is 1060. The Morgan fingerprint density at radius 3 is 2.45 bits per heavy atom. The summed E-state index contributed by atoms with van der Waals surface area (Å²) in [5.41, 5.74) is 8.36. The van der Waals surface area contributed by atoms with E-state index in [0.717, 1.165) is 0 Å². The number of amides is 2. The molecule has 1 heterocycles. The van der Waals surface area contributed by atoms with E-state index in [1.165, 1.54) is 17.0 Å². The van der Waals surface area contributed by atoms with Crippen molar-refractivity contribution in [3.63, 3.8) is 0 Å². The molecule has 0 aliphatic heterocycles. The minimum absolute atomic E-state index is 0.0150. The number of hydrogen-bond acceptors (Lipinski definition) is 3. The van der Waals surface area contributed by atoms with Gasteiger partial charge in [0.25, 0.3) is 0 Å². The number of primary amides is 1. The van der Waals surface area contributed by atoms with Crippen molar-refractivity contribution >= 4 is 35.1 Å². The summed E-state index contributed by atoms with van der Waals surface area (Å²) < 4.78 is 13.5. The Morgan fingerprint density at radius 2 is 1.86 bits per heavy atom. The molecule has 3 rings (SSSR count). The third kappa shape index (κ3) is 4.50. The van der Waals surface area contributed by atoms with Gasteiger partial charge in [-0.2, -0.15) is 0 Å². The predicted octanol–water partition coefficient (Wildman–Crippen LogP) is 5.08. The third-order valence-corrected chi connectivity index (χ3v) is 5.21. The van der Waals surface area contributed by atoms with Crippen LogP contribution in [0.5, 0.6) is 0 Å². The summed E-state index contributed by atoms with van der Waals surface area (Å²) in [6.07, 6.45) is 0. The lowest BCUT2D eigenvalue weighted by atomic mass is 10.0. The monoisotopic (exact) mass is 433 g/mol. The number of urea groups is 1. The maximum absolute atomic E-state index is 13.5. The fraction of sp³-hybridized carbons (Fsp3) is 0.143. The van der Waals surface area contributed by atoms with Crippen molar-refractivity contribution in [3.05, 3.63) is 81.1 Å². The van der Waals surface area contributed by atoms with Gasteiger partial charge in [0, 0.05) is 26.7 Å². The number of nitrogens with zero attached hydrogens (tertiary/aromatic N) is 2.